The normalized spacial score (nSPS) is 18.8. The first kappa shape index (κ1) is 14.6. The highest BCUT2D eigenvalue weighted by molar-refractivity contribution is 6.35. The standard InChI is InChI=1S/C16H15Cl2FN2/c17-13-8-12(9-14(18)16(13)19)21-7-6-20-10-15(21)11-4-2-1-3-5-11/h1-5,8-9,15,20H,6-7,10H2. The Morgan fingerprint density at radius 1 is 1.10 bits per heavy atom. The van der Waals surface area contributed by atoms with Crippen molar-refractivity contribution in [1.82, 2.24) is 5.32 Å². The van der Waals surface area contributed by atoms with E-state index in [1.807, 2.05) is 18.2 Å². The number of piperazine rings is 1. The minimum Gasteiger partial charge on any atom is -0.362 e. The Morgan fingerprint density at radius 2 is 1.76 bits per heavy atom. The van der Waals surface area contributed by atoms with E-state index >= 15 is 0 Å². The van der Waals surface area contributed by atoms with E-state index in [-0.39, 0.29) is 16.1 Å². The summed E-state index contributed by atoms with van der Waals surface area (Å²) >= 11 is 11.9. The molecule has 0 aromatic heterocycles. The van der Waals surface area contributed by atoms with E-state index in [9.17, 15) is 4.39 Å². The number of halogens is 3. The van der Waals surface area contributed by atoms with Gasteiger partial charge < -0.3 is 10.2 Å². The summed E-state index contributed by atoms with van der Waals surface area (Å²) in [5.74, 6) is -0.562. The molecule has 1 fully saturated rings. The molecule has 2 aromatic carbocycles. The summed E-state index contributed by atoms with van der Waals surface area (Å²) in [6, 6.07) is 13.7. The first-order valence-corrected chi connectivity index (χ1v) is 7.59. The van der Waals surface area contributed by atoms with Gasteiger partial charge in [0.25, 0.3) is 0 Å². The summed E-state index contributed by atoms with van der Waals surface area (Å²) in [6.45, 7) is 2.52. The fourth-order valence-electron chi connectivity index (χ4n) is 2.69. The van der Waals surface area contributed by atoms with Crippen molar-refractivity contribution in [3.8, 4) is 0 Å². The van der Waals surface area contributed by atoms with Crippen LogP contribution in [0.2, 0.25) is 10.0 Å². The molecule has 1 N–H and O–H groups in total. The van der Waals surface area contributed by atoms with Crippen molar-refractivity contribution in [2.24, 2.45) is 0 Å². The molecule has 0 saturated carbocycles. The van der Waals surface area contributed by atoms with Gasteiger partial charge in [0.1, 0.15) is 0 Å². The Kier molecular flexibility index (Phi) is 4.34. The zero-order valence-corrected chi connectivity index (χ0v) is 12.8. The van der Waals surface area contributed by atoms with E-state index in [0.717, 1.165) is 25.3 Å². The Bertz CT molecular complexity index is 610. The molecule has 1 unspecified atom stereocenters. The monoisotopic (exact) mass is 324 g/mol. The summed E-state index contributed by atoms with van der Waals surface area (Å²) < 4.78 is 13.6. The van der Waals surface area contributed by atoms with Gasteiger partial charge in [0.15, 0.2) is 5.82 Å². The highest BCUT2D eigenvalue weighted by Gasteiger charge is 2.25. The lowest BCUT2D eigenvalue weighted by Gasteiger charge is -2.38. The number of hydrogen-bond donors (Lipinski definition) is 1. The van der Waals surface area contributed by atoms with Gasteiger partial charge in [-0.05, 0) is 17.7 Å². The van der Waals surface area contributed by atoms with E-state index in [0.29, 0.717) is 0 Å². The summed E-state index contributed by atoms with van der Waals surface area (Å²) in [6.07, 6.45) is 0. The number of nitrogens with one attached hydrogen (secondary N) is 1. The summed E-state index contributed by atoms with van der Waals surface area (Å²) in [5, 5.41) is 3.51. The predicted molar refractivity (Wildman–Crippen MR) is 85.8 cm³/mol. The maximum atomic E-state index is 13.6. The van der Waals surface area contributed by atoms with Crippen LogP contribution in [0.3, 0.4) is 0 Å². The van der Waals surface area contributed by atoms with Gasteiger partial charge in [-0.3, -0.25) is 0 Å². The van der Waals surface area contributed by atoms with Crippen LogP contribution in [0.4, 0.5) is 10.1 Å². The third kappa shape index (κ3) is 3.00. The SMILES string of the molecule is Fc1c(Cl)cc(N2CCNCC2c2ccccc2)cc1Cl. The molecule has 3 rings (SSSR count). The van der Waals surface area contributed by atoms with E-state index in [1.165, 1.54) is 5.56 Å². The van der Waals surface area contributed by atoms with Crippen molar-refractivity contribution in [2.45, 2.75) is 6.04 Å². The number of anilines is 1. The first-order valence-electron chi connectivity index (χ1n) is 6.83. The summed E-state index contributed by atoms with van der Waals surface area (Å²) in [5.41, 5.74) is 2.06. The highest BCUT2D eigenvalue weighted by Crippen LogP contribution is 2.34. The van der Waals surface area contributed by atoms with Gasteiger partial charge in [0, 0.05) is 25.3 Å². The van der Waals surface area contributed by atoms with Crippen molar-refractivity contribution in [1.29, 1.82) is 0 Å². The zero-order valence-electron chi connectivity index (χ0n) is 11.3. The smallest absolute Gasteiger partial charge is 0.160 e. The second kappa shape index (κ2) is 6.22. The zero-order chi connectivity index (χ0) is 14.8. The van der Waals surface area contributed by atoms with Crippen LogP contribution in [-0.2, 0) is 0 Å². The molecule has 1 atom stereocenters. The number of rotatable bonds is 2. The van der Waals surface area contributed by atoms with Crippen LogP contribution in [0.15, 0.2) is 42.5 Å². The van der Waals surface area contributed by atoms with Crippen molar-refractivity contribution >= 4 is 28.9 Å². The average Bonchev–Trinajstić information content (AvgIpc) is 2.53. The van der Waals surface area contributed by atoms with E-state index in [4.69, 9.17) is 23.2 Å². The lowest BCUT2D eigenvalue weighted by atomic mass is 10.0. The van der Waals surface area contributed by atoms with Crippen molar-refractivity contribution in [2.75, 3.05) is 24.5 Å². The summed E-state index contributed by atoms with van der Waals surface area (Å²) in [7, 11) is 0. The predicted octanol–water partition coefficient (Wildman–Crippen LogP) is 4.28. The number of hydrogen-bond acceptors (Lipinski definition) is 2. The van der Waals surface area contributed by atoms with Crippen LogP contribution < -0.4 is 10.2 Å². The fourth-order valence-corrected chi connectivity index (χ4v) is 3.17. The summed E-state index contributed by atoms with van der Waals surface area (Å²) in [4.78, 5) is 2.21. The van der Waals surface area contributed by atoms with Crippen molar-refractivity contribution < 1.29 is 4.39 Å². The molecule has 0 spiro atoms. The van der Waals surface area contributed by atoms with Gasteiger partial charge in [0.05, 0.1) is 16.1 Å². The fraction of sp³-hybridized carbons (Fsp3) is 0.250. The minimum absolute atomic E-state index is 0.0582. The molecule has 0 bridgehead atoms. The van der Waals surface area contributed by atoms with Crippen LogP contribution in [0.1, 0.15) is 11.6 Å². The van der Waals surface area contributed by atoms with Crippen molar-refractivity contribution in [3.63, 3.8) is 0 Å². The Labute approximate surface area is 133 Å². The quantitative estimate of drug-likeness (QED) is 0.829. The lowest BCUT2D eigenvalue weighted by molar-refractivity contribution is 0.489. The molecule has 21 heavy (non-hydrogen) atoms. The lowest BCUT2D eigenvalue weighted by Crippen LogP contribution is -2.46. The second-order valence-corrected chi connectivity index (χ2v) is 5.86. The second-order valence-electron chi connectivity index (χ2n) is 5.05. The van der Waals surface area contributed by atoms with E-state index in [1.54, 1.807) is 12.1 Å². The van der Waals surface area contributed by atoms with Gasteiger partial charge in [-0.15, -0.1) is 0 Å². The molecule has 1 saturated heterocycles. The third-order valence-electron chi connectivity index (χ3n) is 3.73. The van der Waals surface area contributed by atoms with Gasteiger partial charge in [-0.2, -0.15) is 0 Å². The van der Waals surface area contributed by atoms with Crippen molar-refractivity contribution in [3.05, 3.63) is 63.9 Å². The van der Waals surface area contributed by atoms with Gasteiger partial charge in [0.2, 0.25) is 0 Å². The van der Waals surface area contributed by atoms with Gasteiger partial charge in [-0.1, -0.05) is 53.5 Å². The van der Waals surface area contributed by atoms with Crippen LogP contribution >= 0.6 is 23.2 Å². The molecule has 1 aliphatic heterocycles. The van der Waals surface area contributed by atoms with E-state index in [2.05, 4.69) is 22.3 Å². The number of nitrogens with zero attached hydrogens (tertiary/aromatic N) is 1. The Hall–Kier alpha value is -1.29. The molecular weight excluding hydrogens is 310 g/mol. The van der Waals surface area contributed by atoms with E-state index < -0.39 is 5.82 Å². The molecule has 0 amide bonds. The average molecular weight is 325 g/mol. The van der Waals surface area contributed by atoms with Crippen LogP contribution in [0.25, 0.3) is 0 Å². The number of benzene rings is 2. The van der Waals surface area contributed by atoms with Crippen LogP contribution in [0, 0.1) is 5.82 Å². The molecule has 2 nitrogen and oxygen atoms in total. The Balaban J connectivity index is 1.98. The molecular formula is C16H15Cl2FN2. The van der Waals surface area contributed by atoms with Crippen LogP contribution in [-0.4, -0.2) is 19.6 Å². The highest BCUT2D eigenvalue weighted by atomic mass is 35.5. The molecule has 1 heterocycles. The minimum atomic E-state index is -0.562. The molecule has 2 aromatic rings. The molecule has 110 valence electrons. The third-order valence-corrected chi connectivity index (χ3v) is 4.28. The topological polar surface area (TPSA) is 15.3 Å². The Morgan fingerprint density at radius 3 is 2.43 bits per heavy atom. The van der Waals surface area contributed by atoms with Gasteiger partial charge in [-0.25, -0.2) is 4.39 Å². The van der Waals surface area contributed by atoms with Crippen LogP contribution in [0.5, 0.6) is 0 Å². The first-order chi connectivity index (χ1) is 10.2. The molecule has 0 aliphatic carbocycles. The maximum Gasteiger partial charge on any atom is 0.160 e. The van der Waals surface area contributed by atoms with Gasteiger partial charge >= 0.3 is 0 Å². The molecule has 0 radical (unpaired) electrons. The maximum absolute atomic E-state index is 13.6. The largest absolute Gasteiger partial charge is 0.362 e. The molecule has 1 aliphatic rings. The molecule has 5 heteroatoms.